The summed E-state index contributed by atoms with van der Waals surface area (Å²) in [6, 6.07) is 0. The van der Waals surface area contributed by atoms with Crippen molar-refractivity contribution in [2.75, 3.05) is 0 Å². The van der Waals surface area contributed by atoms with Gasteiger partial charge in [0.15, 0.2) is 0 Å². The number of hydrogen-bond donors (Lipinski definition) is 3. The third-order valence-electron chi connectivity index (χ3n) is 10.6. The molecule has 0 aliphatic heterocycles. The Kier molecular flexibility index (Phi) is 9.05. The predicted molar refractivity (Wildman–Crippen MR) is 140 cm³/mol. The molecular weight excluding hydrogens is 456 g/mol. The summed E-state index contributed by atoms with van der Waals surface area (Å²) in [5.74, 6) is 0.115. The van der Waals surface area contributed by atoms with Gasteiger partial charge >= 0.3 is 11.9 Å². The van der Waals surface area contributed by atoms with Gasteiger partial charge in [0.1, 0.15) is 0 Å². The normalized spacial score (nSPS) is 40.5. The van der Waals surface area contributed by atoms with Crippen LogP contribution in [0.1, 0.15) is 113 Å². The molecule has 2 unspecified atom stereocenters. The number of aliphatic hydroxyl groups is 3. The third-order valence-corrected chi connectivity index (χ3v) is 10.6. The van der Waals surface area contributed by atoms with Crippen LogP contribution in [0.5, 0.6) is 0 Å². The highest BCUT2D eigenvalue weighted by molar-refractivity contribution is 5.88. The van der Waals surface area contributed by atoms with E-state index in [1.807, 2.05) is 0 Å². The minimum atomic E-state index is -0.713. The average Bonchev–Trinajstić information content (AvgIpc) is 2.78. The van der Waals surface area contributed by atoms with E-state index in [0.717, 1.165) is 44.9 Å². The van der Waals surface area contributed by atoms with Crippen molar-refractivity contribution in [3.63, 3.8) is 0 Å². The second-order valence-electron chi connectivity index (χ2n) is 14.1. The molecule has 0 bridgehead atoms. The van der Waals surface area contributed by atoms with E-state index in [9.17, 15) is 24.9 Å². The molecule has 0 amide bonds. The van der Waals surface area contributed by atoms with Gasteiger partial charge in [-0.3, -0.25) is 9.59 Å². The van der Waals surface area contributed by atoms with Crippen molar-refractivity contribution >= 4 is 11.9 Å². The molecular formula is C30H52O6. The van der Waals surface area contributed by atoms with Gasteiger partial charge in [0.2, 0.25) is 0 Å². The molecule has 3 rings (SSSR count). The highest BCUT2D eigenvalue weighted by Gasteiger charge is 2.59. The van der Waals surface area contributed by atoms with Gasteiger partial charge in [0.05, 0.1) is 23.7 Å². The van der Waals surface area contributed by atoms with Crippen LogP contribution in [0.3, 0.4) is 0 Å². The Morgan fingerprint density at radius 2 is 1.72 bits per heavy atom. The highest BCUT2D eigenvalue weighted by Crippen LogP contribution is 2.63. The number of carbonyl (C=O) groups excluding carboxylic acids is 2. The molecule has 0 saturated heterocycles. The van der Waals surface area contributed by atoms with Crippen molar-refractivity contribution in [3.8, 4) is 0 Å². The first-order valence-electron chi connectivity index (χ1n) is 14.4. The van der Waals surface area contributed by atoms with Gasteiger partial charge in [-0.15, -0.1) is 0 Å². The van der Waals surface area contributed by atoms with Crippen molar-refractivity contribution in [1.29, 1.82) is 0 Å². The molecule has 0 aromatic rings. The molecule has 3 aliphatic carbocycles. The van der Waals surface area contributed by atoms with E-state index in [4.69, 9.17) is 4.74 Å². The van der Waals surface area contributed by atoms with Crippen LogP contribution in [0, 0.1) is 45.8 Å². The standard InChI is InChI=1S/C30H52O6/c1-8-9-22(18(2)10-11-26(34)36-27(35)28(3,4)5)30(7)17-21-23(16-25(30)33)29(6)13-12-20(31)14-19(29)15-24(21)32/h18-25,31-33H,8-17H2,1-7H3/t18-,19+,20-,21?,22-,23?,24-,25+,29+,30+/m1/s1. The lowest BCUT2D eigenvalue weighted by Gasteiger charge is -2.62. The number of esters is 2. The van der Waals surface area contributed by atoms with Gasteiger partial charge in [-0.1, -0.05) is 34.1 Å². The molecule has 6 heteroatoms. The smallest absolute Gasteiger partial charge is 0.318 e. The maximum Gasteiger partial charge on any atom is 0.318 e. The molecule has 0 aromatic carbocycles. The number of fused-ring (bicyclic) bond motifs is 3. The van der Waals surface area contributed by atoms with Gasteiger partial charge < -0.3 is 20.1 Å². The SMILES string of the molecule is CCC[C@H]([C@H](C)CCC(=O)OC(=O)C(C)(C)C)[C@]1(C)CC2C(C[C@@H]1O)[C@@]1(C)CC[C@@H](O)C[C@H]1C[C@H]2O. The number of hydrogen-bond acceptors (Lipinski definition) is 6. The Bertz CT molecular complexity index is 789. The van der Waals surface area contributed by atoms with E-state index in [2.05, 4.69) is 27.7 Å². The van der Waals surface area contributed by atoms with Crippen LogP contribution < -0.4 is 0 Å². The Balaban J connectivity index is 1.73. The molecule has 208 valence electrons. The van der Waals surface area contributed by atoms with E-state index >= 15 is 0 Å². The van der Waals surface area contributed by atoms with Gasteiger partial charge in [-0.25, -0.2) is 0 Å². The average molecular weight is 509 g/mol. The fourth-order valence-corrected chi connectivity index (χ4v) is 8.18. The van der Waals surface area contributed by atoms with E-state index in [-0.39, 0.29) is 47.0 Å². The fourth-order valence-electron chi connectivity index (χ4n) is 8.18. The van der Waals surface area contributed by atoms with E-state index in [1.165, 1.54) is 0 Å². The molecule has 3 aliphatic rings. The first kappa shape index (κ1) is 29.6. The molecule has 0 radical (unpaired) electrons. The first-order chi connectivity index (χ1) is 16.6. The van der Waals surface area contributed by atoms with Crippen molar-refractivity contribution in [3.05, 3.63) is 0 Å². The molecule has 6 nitrogen and oxygen atoms in total. The molecule has 10 atom stereocenters. The zero-order chi connectivity index (χ0) is 27.1. The van der Waals surface area contributed by atoms with E-state index < -0.39 is 29.6 Å². The van der Waals surface area contributed by atoms with Crippen molar-refractivity contribution < 1.29 is 29.6 Å². The summed E-state index contributed by atoms with van der Waals surface area (Å²) >= 11 is 0. The van der Waals surface area contributed by atoms with Crippen molar-refractivity contribution in [2.24, 2.45) is 45.8 Å². The lowest BCUT2D eigenvalue weighted by Crippen LogP contribution is -2.60. The summed E-state index contributed by atoms with van der Waals surface area (Å²) in [5, 5.41) is 33.2. The van der Waals surface area contributed by atoms with Crippen LogP contribution >= 0.6 is 0 Å². The Labute approximate surface area is 218 Å². The minimum absolute atomic E-state index is 0.0562. The maximum absolute atomic E-state index is 12.4. The van der Waals surface area contributed by atoms with Crippen LogP contribution in [-0.2, 0) is 14.3 Å². The lowest BCUT2D eigenvalue weighted by atomic mass is 9.44. The second kappa shape index (κ2) is 11.0. The molecule has 36 heavy (non-hydrogen) atoms. The summed E-state index contributed by atoms with van der Waals surface area (Å²) < 4.78 is 5.07. The second-order valence-corrected chi connectivity index (χ2v) is 14.1. The molecule has 3 N–H and O–H groups in total. The molecule has 0 heterocycles. The number of carbonyl (C=O) groups is 2. The predicted octanol–water partition coefficient (Wildman–Crippen LogP) is 5.26. The largest absolute Gasteiger partial charge is 0.393 e. The van der Waals surface area contributed by atoms with Gasteiger partial charge in [-0.05, 0) is 113 Å². The lowest BCUT2D eigenvalue weighted by molar-refractivity contribution is -0.190. The fraction of sp³-hybridized carbons (Fsp3) is 0.933. The summed E-state index contributed by atoms with van der Waals surface area (Å²) in [7, 11) is 0. The molecule has 3 saturated carbocycles. The minimum Gasteiger partial charge on any atom is -0.393 e. The summed E-state index contributed by atoms with van der Waals surface area (Å²) in [6.07, 6.45) is 6.32. The van der Waals surface area contributed by atoms with Gasteiger partial charge in [-0.2, -0.15) is 0 Å². The molecule has 0 spiro atoms. The summed E-state index contributed by atoms with van der Waals surface area (Å²) in [6.45, 7) is 14.0. The highest BCUT2D eigenvalue weighted by atomic mass is 16.6. The number of rotatable bonds is 7. The number of ether oxygens (including phenoxy) is 1. The Morgan fingerprint density at radius 1 is 1.06 bits per heavy atom. The first-order valence-corrected chi connectivity index (χ1v) is 14.4. The van der Waals surface area contributed by atoms with Crippen LogP contribution in [0.2, 0.25) is 0 Å². The molecule has 3 fully saturated rings. The number of aliphatic hydroxyl groups excluding tert-OH is 3. The topological polar surface area (TPSA) is 104 Å². The zero-order valence-corrected chi connectivity index (χ0v) is 23.8. The maximum atomic E-state index is 12.4. The van der Waals surface area contributed by atoms with Crippen LogP contribution in [-0.4, -0.2) is 45.6 Å². The summed E-state index contributed by atoms with van der Waals surface area (Å²) in [5.41, 5.74) is -1.00. The molecule has 0 aromatic heterocycles. The van der Waals surface area contributed by atoms with E-state index in [1.54, 1.807) is 20.8 Å². The van der Waals surface area contributed by atoms with Crippen LogP contribution in [0.4, 0.5) is 0 Å². The van der Waals surface area contributed by atoms with Crippen molar-refractivity contribution in [1.82, 2.24) is 0 Å². The summed E-state index contributed by atoms with van der Waals surface area (Å²) in [4.78, 5) is 24.5. The van der Waals surface area contributed by atoms with Gasteiger partial charge in [0, 0.05) is 6.42 Å². The quantitative estimate of drug-likeness (QED) is 0.320. The Morgan fingerprint density at radius 3 is 2.33 bits per heavy atom. The van der Waals surface area contributed by atoms with E-state index in [0.29, 0.717) is 18.8 Å². The Hall–Kier alpha value is -0.980. The van der Waals surface area contributed by atoms with Gasteiger partial charge in [0.25, 0.3) is 0 Å². The van der Waals surface area contributed by atoms with Crippen LogP contribution in [0.15, 0.2) is 0 Å². The third kappa shape index (κ3) is 5.86. The zero-order valence-electron chi connectivity index (χ0n) is 23.8. The van der Waals surface area contributed by atoms with Crippen molar-refractivity contribution in [2.45, 2.75) is 131 Å². The monoisotopic (exact) mass is 508 g/mol. The van der Waals surface area contributed by atoms with Crippen LogP contribution in [0.25, 0.3) is 0 Å².